The second-order valence-corrected chi connectivity index (χ2v) is 7.95. The van der Waals surface area contributed by atoms with Gasteiger partial charge in [0.05, 0.1) is 16.4 Å². The van der Waals surface area contributed by atoms with E-state index in [9.17, 15) is 14.0 Å². The molecule has 1 heterocycles. The molecule has 0 spiro atoms. The van der Waals surface area contributed by atoms with E-state index in [1.807, 2.05) is 20.8 Å². The van der Waals surface area contributed by atoms with Gasteiger partial charge < -0.3 is 5.32 Å². The Hall–Kier alpha value is -2.60. The van der Waals surface area contributed by atoms with Crippen LogP contribution in [0.3, 0.4) is 0 Å². The zero-order valence-electron chi connectivity index (χ0n) is 15.6. The van der Waals surface area contributed by atoms with Crippen LogP contribution in [0.2, 0.25) is 5.02 Å². The van der Waals surface area contributed by atoms with Crippen LogP contribution in [0.5, 0.6) is 0 Å². The quantitative estimate of drug-likeness (QED) is 0.726. The molecule has 0 atom stereocenters. The van der Waals surface area contributed by atoms with Crippen molar-refractivity contribution in [3.63, 3.8) is 0 Å². The molecule has 3 aromatic rings. The minimum Gasteiger partial charge on any atom is -0.324 e. The van der Waals surface area contributed by atoms with Crippen LogP contribution in [0, 0.1) is 12.7 Å². The van der Waals surface area contributed by atoms with Gasteiger partial charge in [0.1, 0.15) is 12.4 Å². The lowest BCUT2D eigenvalue weighted by Gasteiger charge is -2.24. The van der Waals surface area contributed by atoms with E-state index in [0.717, 1.165) is 5.56 Å². The number of amides is 1. The van der Waals surface area contributed by atoms with E-state index in [1.54, 1.807) is 40.6 Å². The maximum absolute atomic E-state index is 13.5. The van der Waals surface area contributed by atoms with Crippen LogP contribution in [0.15, 0.2) is 41.2 Å². The molecule has 0 aliphatic rings. The summed E-state index contributed by atoms with van der Waals surface area (Å²) in [6, 6.07) is 9.19. The zero-order chi connectivity index (χ0) is 19.9. The maximum atomic E-state index is 13.5. The molecule has 27 heavy (non-hydrogen) atoms. The first-order valence-corrected chi connectivity index (χ1v) is 8.93. The average Bonchev–Trinajstić information content (AvgIpc) is 2.82. The Morgan fingerprint density at radius 2 is 1.89 bits per heavy atom. The van der Waals surface area contributed by atoms with Crippen molar-refractivity contribution in [3.8, 4) is 0 Å². The summed E-state index contributed by atoms with van der Waals surface area (Å²) >= 11 is 6.10. The largest absolute Gasteiger partial charge is 0.324 e. The highest BCUT2D eigenvalue weighted by atomic mass is 35.5. The lowest BCUT2D eigenvalue weighted by molar-refractivity contribution is -0.117. The minimum absolute atomic E-state index is 0.105. The molecule has 1 aromatic heterocycles. The molecule has 2 aromatic carbocycles. The molecule has 0 saturated carbocycles. The van der Waals surface area contributed by atoms with Crippen LogP contribution in [0.25, 0.3) is 10.9 Å². The van der Waals surface area contributed by atoms with Gasteiger partial charge in [0, 0.05) is 10.7 Å². The molecule has 0 unspecified atom stereocenters. The van der Waals surface area contributed by atoms with Gasteiger partial charge >= 0.3 is 0 Å². The summed E-state index contributed by atoms with van der Waals surface area (Å²) in [5.74, 6) is -0.792. The molecule has 142 valence electrons. The Morgan fingerprint density at radius 3 is 2.56 bits per heavy atom. The number of halogens is 2. The monoisotopic (exact) mass is 389 g/mol. The van der Waals surface area contributed by atoms with Crippen LogP contribution in [-0.2, 0) is 16.9 Å². The first kappa shape index (κ1) is 19.2. The van der Waals surface area contributed by atoms with Crippen molar-refractivity contribution in [2.24, 2.45) is 0 Å². The number of hydrogen-bond acceptors (Lipinski definition) is 2. The van der Waals surface area contributed by atoms with E-state index < -0.39 is 11.4 Å². The van der Waals surface area contributed by atoms with Crippen molar-refractivity contribution < 1.29 is 9.18 Å². The third-order valence-electron chi connectivity index (χ3n) is 4.30. The highest BCUT2D eigenvalue weighted by Gasteiger charge is 2.24. The number of anilines is 1. The second-order valence-electron chi connectivity index (χ2n) is 7.51. The van der Waals surface area contributed by atoms with E-state index in [4.69, 9.17) is 11.6 Å². The molecule has 1 N–H and O–H groups in total. The van der Waals surface area contributed by atoms with Crippen molar-refractivity contribution in [1.29, 1.82) is 0 Å². The van der Waals surface area contributed by atoms with Crippen molar-refractivity contribution in [3.05, 3.63) is 63.2 Å². The summed E-state index contributed by atoms with van der Waals surface area (Å²) in [6.07, 6.45) is 0. The summed E-state index contributed by atoms with van der Waals surface area (Å²) in [7, 11) is 0. The fourth-order valence-corrected chi connectivity index (χ4v) is 3.27. The summed E-state index contributed by atoms with van der Waals surface area (Å²) in [6.45, 7) is 7.34. The molecule has 7 heteroatoms. The molecule has 0 saturated heterocycles. The molecular weight excluding hydrogens is 369 g/mol. The normalized spacial score (nSPS) is 11.8. The van der Waals surface area contributed by atoms with Gasteiger partial charge in [-0.1, -0.05) is 17.7 Å². The Kier molecular flexibility index (Phi) is 4.86. The van der Waals surface area contributed by atoms with Crippen molar-refractivity contribution >= 4 is 34.1 Å². The molecule has 5 nitrogen and oxygen atoms in total. The molecule has 0 aliphatic carbocycles. The fourth-order valence-electron chi connectivity index (χ4n) is 3.11. The summed E-state index contributed by atoms with van der Waals surface area (Å²) in [5, 5.41) is 3.68. The average molecular weight is 390 g/mol. The number of nitrogens with zero attached hydrogens (tertiary/aromatic N) is 2. The molecular formula is C20H21ClFN3O2. The Bertz CT molecular complexity index is 1090. The smallest absolute Gasteiger partial charge is 0.275 e. The number of benzene rings is 2. The first-order chi connectivity index (χ1) is 12.6. The minimum atomic E-state index is -0.544. The van der Waals surface area contributed by atoms with Gasteiger partial charge in [0.2, 0.25) is 5.91 Å². The third-order valence-corrected chi connectivity index (χ3v) is 4.54. The van der Waals surface area contributed by atoms with Gasteiger partial charge in [-0.3, -0.25) is 14.3 Å². The van der Waals surface area contributed by atoms with Gasteiger partial charge in [0.15, 0.2) is 0 Å². The summed E-state index contributed by atoms with van der Waals surface area (Å²) in [5.41, 5.74) is 0.993. The maximum Gasteiger partial charge on any atom is 0.275 e. The van der Waals surface area contributed by atoms with Crippen LogP contribution in [0.4, 0.5) is 10.1 Å². The number of carbonyl (C=O) groups excluding carboxylic acids is 1. The second kappa shape index (κ2) is 6.85. The Morgan fingerprint density at radius 1 is 1.19 bits per heavy atom. The molecule has 0 fully saturated rings. The number of aromatic nitrogens is 2. The van der Waals surface area contributed by atoms with Gasteiger partial charge in [-0.05, 0) is 63.6 Å². The van der Waals surface area contributed by atoms with Gasteiger partial charge in [0.25, 0.3) is 5.56 Å². The Balaban J connectivity index is 2.05. The van der Waals surface area contributed by atoms with E-state index in [2.05, 4.69) is 5.32 Å². The van der Waals surface area contributed by atoms with E-state index in [-0.39, 0.29) is 18.0 Å². The highest BCUT2D eigenvalue weighted by molar-refractivity contribution is 6.31. The SMILES string of the molecule is Cc1ccc(F)cc1NC(=O)Cn1c2cc(Cl)ccc2c(=O)n1C(C)(C)C. The molecule has 0 aliphatic heterocycles. The molecule has 0 bridgehead atoms. The first-order valence-electron chi connectivity index (χ1n) is 8.55. The van der Waals surface area contributed by atoms with Crippen LogP contribution in [-0.4, -0.2) is 15.3 Å². The topological polar surface area (TPSA) is 56.0 Å². The van der Waals surface area contributed by atoms with Crippen molar-refractivity contribution in [1.82, 2.24) is 9.36 Å². The number of hydrogen-bond donors (Lipinski definition) is 1. The van der Waals surface area contributed by atoms with Gasteiger partial charge in [-0.2, -0.15) is 0 Å². The fraction of sp³-hybridized carbons (Fsp3) is 0.300. The molecule has 1 amide bonds. The predicted octanol–water partition coefficient (Wildman–Crippen LogP) is 4.30. The lowest BCUT2D eigenvalue weighted by Crippen LogP contribution is -2.38. The standard InChI is InChI=1S/C20H21ClFN3O2/c1-12-5-7-14(22)10-16(12)23-18(26)11-24-17-9-13(21)6-8-15(17)19(27)25(24)20(2,3)4/h5-10H,11H2,1-4H3,(H,23,26). The van der Waals surface area contributed by atoms with Crippen LogP contribution < -0.4 is 10.9 Å². The number of nitrogens with one attached hydrogen (secondary N) is 1. The number of aryl methyl sites for hydroxylation is 1. The molecule has 3 rings (SSSR count). The number of fused-ring (bicyclic) bond motifs is 1. The van der Waals surface area contributed by atoms with Crippen LogP contribution >= 0.6 is 11.6 Å². The van der Waals surface area contributed by atoms with Crippen molar-refractivity contribution in [2.75, 3.05) is 5.32 Å². The Labute approximate surface area is 161 Å². The highest BCUT2D eigenvalue weighted by Crippen LogP contribution is 2.22. The van der Waals surface area contributed by atoms with E-state index in [0.29, 0.717) is 21.6 Å². The summed E-state index contributed by atoms with van der Waals surface area (Å²) in [4.78, 5) is 25.5. The van der Waals surface area contributed by atoms with Crippen molar-refractivity contribution in [2.45, 2.75) is 39.8 Å². The third kappa shape index (κ3) is 3.76. The summed E-state index contributed by atoms with van der Waals surface area (Å²) < 4.78 is 16.7. The lowest BCUT2D eigenvalue weighted by atomic mass is 10.1. The van der Waals surface area contributed by atoms with Gasteiger partial charge in [-0.25, -0.2) is 9.07 Å². The number of rotatable bonds is 3. The number of carbonyl (C=O) groups is 1. The zero-order valence-corrected chi connectivity index (χ0v) is 16.4. The molecule has 0 radical (unpaired) electrons. The van der Waals surface area contributed by atoms with Gasteiger partial charge in [-0.15, -0.1) is 0 Å². The van der Waals surface area contributed by atoms with E-state index >= 15 is 0 Å². The predicted molar refractivity (Wildman–Crippen MR) is 106 cm³/mol. The van der Waals surface area contributed by atoms with E-state index in [1.165, 1.54) is 12.1 Å². The van der Waals surface area contributed by atoms with Crippen LogP contribution in [0.1, 0.15) is 26.3 Å².